The van der Waals surface area contributed by atoms with Crippen LogP contribution in [0.1, 0.15) is 95.4 Å². The van der Waals surface area contributed by atoms with Crippen molar-refractivity contribution < 1.29 is 13.9 Å². The summed E-state index contributed by atoms with van der Waals surface area (Å²) in [5.74, 6) is 0.833. The Hall–Kier alpha value is -2.58. The highest BCUT2D eigenvalue weighted by atomic mass is 35.5. The zero-order valence-corrected chi connectivity index (χ0v) is 26.6. The molecule has 8 rings (SSSR count). The Morgan fingerprint density at radius 1 is 1.02 bits per heavy atom. The van der Waals surface area contributed by atoms with Crippen molar-refractivity contribution in [1.82, 2.24) is 19.9 Å². The van der Waals surface area contributed by atoms with Gasteiger partial charge >= 0.3 is 0 Å². The quantitative estimate of drug-likeness (QED) is 0.317. The highest BCUT2D eigenvalue weighted by Crippen LogP contribution is 2.44. The molecule has 3 saturated heterocycles. The summed E-state index contributed by atoms with van der Waals surface area (Å²) in [4.78, 5) is 19.3. The summed E-state index contributed by atoms with van der Waals surface area (Å²) in [6, 6.07) is 3.11. The Labute approximate surface area is 264 Å². The third kappa shape index (κ3) is 5.66. The molecule has 0 amide bonds. The molecule has 236 valence electrons. The predicted octanol–water partition coefficient (Wildman–Crippen LogP) is 8.20. The number of pyridine rings is 1. The predicted molar refractivity (Wildman–Crippen MR) is 172 cm³/mol. The minimum absolute atomic E-state index is 0.0132. The van der Waals surface area contributed by atoms with Crippen LogP contribution in [0.5, 0.6) is 5.75 Å². The van der Waals surface area contributed by atoms with Gasteiger partial charge in [0.15, 0.2) is 5.82 Å². The van der Waals surface area contributed by atoms with Crippen LogP contribution in [-0.2, 0) is 12.8 Å². The first-order chi connectivity index (χ1) is 21.2. The van der Waals surface area contributed by atoms with Crippen LogP contribution in [0.3, 0.4) is 0 Å². The molecule has 2 aromatic heterocycles. The van der Waals surface area contributed by atoms with Gasteiger partial charge in [0.05, 0.1) is 5.39 Å². The molecule has 7 heterocycles. The number of aromatic nitrogens is 3. The second-order valence-corrected chi connectivity index (χ2v) is 14.7. The lowest BCUT2D eigenvalue weighted by molar-refractivity contribution is 0.181. The molecule has 5 aliphatic rings. The van der Waals surface area contributed by atoms with Crippen LogP contribution < -0.4 is 4.90 Å². The van der Waals surface area contributed by atoms with E-state index >= 15 is 4.39 Å². The molecule has 3 atom stereocenters. The standard InChI is InChI=1S/C35H44ClF2N5O/c1-34-11-6-4-2-3-5-9-25-26(17-24(44)18-28(25)36)31-30(38)32-27(20-39-31)33(42(22-34)15-7-12-34)41-29(40-32)10-14-35-13-8-16-43(35)21-23(37)19-35/h17-18,20,23,44H,2-16,19,21-22H2,1H3. The van der Waals surface area contributed by atoms with E-state index < -0.39 is 12.0 Å². The number of benzene rings is 1. The Kier molecular flexibility index (Phi) is 8.19. The molecular weight excluding hydrogens is 580 g/mol. The van der Waals surface area contributed by atoms with Gasteiger partial charge in [-0.05, 0) is 87.4 Å². The van der Waals surface area contributed by atoms with Gasteiger partial charge in [0.25, 0.3) is 0 Å². The van der Waals surface area contributed by atoms with E-state index in [2.05, 4.69) is 21.7 Å². The third-order valence-corrected chi connectivity index (χ3v) is 11.3. The lowest BCUT2D eigenvalue weighted by atomic mass is 9.77. The van der Waals surface area contributed by atoms with Crippen LogP contribution in [-0.4, -0.2) is 62.8 Å². The SMILES string of the molecule is CC12CCCCCCCc3c(Cl)cc(O)cc3-c3ncc4c(nc(CCC56CCCN5CC(F)C6)nc4c3F)N(CCC1)C2. The van der Waals surface area contributed by atoms with E-state index in [0.717, 1.165) is 82.4 Å². The monoisotopic (exact) mass is 623 g/mol. The molecule has 1 N–H and O–H groups in total. The maximum atomic E-state index is 16.8. The fourth-order valence-corrected chi connectivity index (χ4v) is 9.06. The van der Waals surface area contributed by atoms with Crippen molar-refractivity contribution >= 4 is 28.3 Å². The van der Waals surface area contributed by atoms with Crippen LogP contribution in [0.25, 0.3) is 22.2 Å². The fraction of sp³-hybridized carbons (Fsp3) is 0.629. The lowest BCUT2D eigenvalue weighted by Crippen LogP contribution is -2.42. The van der Waals surface area contributed by atoms with Gasteiger partial charge < -0.3 is 10.0 Å². The zero-order chi connectivity index (χ0) is 30.5. The topological polar surface area (TPSA) is 65.4 Å². The number of anilines is 1. The summed E-state index contributed by atoms with van der Waals surface area (Å²) < 4.78 is 31.3. The second-order valence-electron chi connectivity index (χ2n) is 14.3. The van der Waals surface area contributed by atoms with Crippen LogP contribution >= 0.6 is 11.6 Å². The van der Waals surface area contributed by atoms with E-state index in [9.17, 15) is 9.50 Å². The summed E-state index contributed by atoms with van der Waals surface area (Å²) in [6.45, 7) is 5.57. The molecule has 9 heteroatoms. The maximum absolute atomic E-state index is 16.8. The average molecular weight is 624 g/mol. The number of piperidine rings is 1. The number of hydrogen-bond donors (Lipinski definition) is 1. The molecule has 44 heavy (non-hydrogen) atoms. The molecule has 0 aliphatic carbocycles. The largest absolute Gasteiger partial charge is 0.508 e. The zero-order valence-electron chi connectivity index (χ0n) is 25.9. The summed E-state index contributed by atoms with van der Waals surface area (Å²) in [6.07, 6.45) is 14.5. The minimum Gasteiger partial charge on any atom is -0.508 e. The molecule has 0 saturated carbocycles. The van der Waals surface area contributed by atoms with Gasteiger partial charge in [-0.15, -0.1) is 0 Å². The number of nitrogens with zero attached hydrogens (tertiary/aromatic N) is 5. The lowest BCUT2D eigenvalue weighted by Gasteiger charge is -2.41. The molecule has 6 nitrogen and oxygen atoms in total. The van der Waals surface area contributed by atoms with Crippen molar-refractivity contribution in [3.8, 4) is 17.0 Å². The number of aryl methyl sites for hydroxylation is 1. The van der Waals surface area contributed by atoms with Crippen molar-refractivity contribution in [3.63, 3.8) is 0 Å². The van der Waals surface area contributed by atoms with Crippen molar-refractivity contribution in [3.05, 3.63) is 40.6 Å². The summed E-state index contributed by atoms with van der Waals surface area (Å²) in [7, 11) is 0. The van der Waals surface area contributed by atoms with Crippen molar-refractivity contribution in [1.29, 1.82) is 0 Å². The van der Waals surface area contributed by atoms with E-state index in [4.69, 9.17) is 21.6 Å². The number of alkyl halides is 1. The molecular formula is C35H44ClF2N5O. The second kappa shape index (κ2) is 12.0. The van der Waals surface area contributed by atoms with Crippen LogP contribution in [0.2, 0.25) is 5.02 Å². The first-order valence-corrected chi connectivity index (χ1v) is 17.1. The minimum atomic E-state index is -0.792. The first-order valence-electron chi connectivity index (χ1n) is 16.7. The molecule has 3 aromatic rings. The number of hydrogen-bond acceptors (Lipinski definition) is 6. The molecule has 5 aliphatic heterocycles. The Bertz CT molecular complexity index is 1550. The normalized spacial score (nSPS) is 28.0. The number of phenolic OH excluding ortho intramolecular Hbond substituents is 1. The van der Waals surface area contributed by atoms with Gasteiger partial charge in [-0.25, -0.2) is 18.7 Å². The van der Waals surface area contributed by atoms with Crippen molar-refractivity contribution in [2.45, 2.75) is 109 Å². The number of halogens is 3. The highest BCUT2D eigenvalue weighted by Gasteiger charge is 2.48. The third-order valence-electron chi connectivity index (χ3n) is 11.0. The van der Waals surface area contributed by atoms with Crippen LogP contribution in [0, 0.1) is 11.2 Å². The molecule has 0 radical (unpaired) electrons. The Morgan fingerprint density at radius 3 is 2.70 bits per heavy atom. The van der Waals surface area contributed by atoms with Gasteiger partial charge in [0.1, 0.15) is 34.8 Å². The summed E-state index contributed by atoms with van der Waals surface area (Å²) >= 11 is 6.66. The van der Waals surface area contributed by atoms with Crippen molar-refractivity contribution in [2.75, 3.05) is 31.1 Å². The molecule has 6 bridgehead atoms. The van der Waals surface area contributed by atoms with Gasteiger partial charge in [0.2, 0.25) is 0 Å². The van der Waals surface area contributed by atoms with E-state index in [0.29, 0.717) is 47.6 Å². The van der Waals surface area contributed by atoms with E-state index in [1.165, 1.54) is 25.3 Å². The number of phenols is 1. The Balaban J connectivity index is 1.35. The van der Waals surface area contributed by atoms with E-state index in [1.54, 1.807) is 12.3 Å². The summed E-state index contributed by atoms with van der Waals surface area (Å²) in [5, 5.41) is 11.5. The van der Waals surface area contributed by atoms with Crippen LogP contribution in [0.4, 0.5) is 14.6 Å². The van der Waals surface area contributed by atoms with Gasteiger partial charge in [0, 0.05) is 48.4 Å². The number of fused-ring (bicyclic) bond motifs is 8. The summed E-state index contributed by atoms with van der Waals surface area (Å²) in [5.41, 5.74) is 1.76. The van der Waals surface area contributed by atoms with E-state index in [1.807, 2.05) is 0 Å². The maximum Gasteiger partial charge on any atom is 0.175 e. The highest BCUT2D eigenvalue weighted by molar-refractivity contribution is 6.32. The molecule has 3 fully saturated rings. The van der Waals surface area contributed by atoms with Gasteiger partial charge in [-0.3, -0.25) is 9.88 Å². The van der Waals surface area contributed by atoms with Gasteiger partial charge in [-0.1, -0.05) is 44.2 Å². The van der Waals surface area contributed by atoms with Gasteiger partial charge in [-0.2, -0.15) is 0 Å². The van der Waals surface area contributed by atoms with E-state index in [-0.39, 0.29) is 27.9 Å². The smallest absolute Gasteiger partial charge is 0.175 e. The first kappa shape index (κ1) is 30.1. The van der Waals surface area contributed by atoms with Crippen LogP contribution in [0.15, 0.2) is 18.3 Å². The average Bonchev–Trinajstić information content (AvgIpc) is 3.51. The number of rotatable bonds is 3. The fourth-order valence-electron chi connectivity index (χ4n) is 8.76. The molecule has 1 aromatic carbocycles. The Morgan fingerprint density at radius 2 is 1.82 bits per heavy atom. The number of aromatic hydroxyl groups is 1. The molecule has 0 spiro atoms. The van der Waals surface area contributed by atoms with Crippen molar-refractivity contribution in [2.24, 2.45) is 5.41 Å². The molecule has 3 unspecified atom stereocenters.